The number of aliphatic hydroxyl groups excluding tert-OH is 1. The molecule has 0 aromatic carbocycles. The molecule has 0 spiro atoms. The molecule has 40 heavy (non-hydrogen) atoms. The number of hydrogen-bond donors (Lipinski definition) is 1. The van der Waals surface area contributed by atoms with Crippen LogP contribution in [-0.4, -0.2) is 90.2 Å². The van der Waals surface area contributed by atoms with Gasteiger partial charge in [-0.1, -0.05) is 25.9 Å². The Hall–Kier alpha value is 2.13. The molecule has 7 nitrogen and oxygen atoms in total. The van der Waals surface area contributed by atoms with Crippen LogP contribution < -0.4 is 0 Å². The van der Waals surface area contributed by atoms with E-state index in [4.69, 9.17) is 25.9 Å². The zero-order valence-corrected chi connectivity index (χ0v) is 37.8. The molecule has 2 unspecified atom stereocenters. The summed E-state index contributed by atoms with van der Waals surface area (Å²) in [6.07, 6.45) is 0.00121. The first-order chi connectivity index (χ1) is 17.5. The Morgan fingerprint density at radius 2 is 0.875 bits per heavy atom. The number of rotatable bonds is 19. The van der Waals surface area contributed by atoms with Crippen LogP contribution in [0.5, 0.6) is 0 Å². The van der Waals surface area contributed by atoms with Gasteiger partial charge in [0.05, 0.1) is 6.23 Å². The molecule has 0 aliphatic carbocycles. The van der Waals surface area contributed by atoms with Crippen LogP contribution in [0.3, 0.4) is 0 Å². The summed E-state index contributed by atoms with van der Waals surface area (Å²) in [6, 6.07) is 6.10. The summed E-state index contributed by atoms with van der Waals surface area (Å²) in [7, 11) is -4.25. The minimum atomic E-state index is -2.42. The van der Waals surface area contributed by atoms with Crippen LogP contribution in [0.1, 0.15) is 13.8 Å². The van der Waals surface area contributed by atoms with Gasteiger partial charge in [0.25, 0.3) is 0 Å². The molecule has 0 heterocycles. The van der Waals surface area contributed by atoms with Crippen molar-refractivity contribution in [1.82, 2.24) is 0 Å². The molecule has 0 bridgehead atoms. The van der Waals surface area contributed by atoms with Gasteiger partial charge in [0.2, 0.25) is 0 Å². The third-order valence-electron chi connectivity index (χ3n) is 6.92. The molecule has 0 saturated heterocycles. The standard InChI is InChI=1S/C13H33O4Si3.C13H33O3Si3.Y/c1-13(2)11-19(7,8)17-18(5,6)9-10-20(12-14,15-3)16-4;1-13(2)12-18(7,8)16-17(5,6)10-11-19(9,14-3)15-4;/h13-14H,1,9-12H2,2-8H3;13H,1,10-12H2,2-9H3;/q2*-1;. The van der Waals surface area contributed by atoms with Crippen molar-refractivity contribution in [2.45, 2.75) is 109 Å². The molecule has 0 aromatic rings. The molecule has 0 rings (SSSR count). The van der Waals surface area contributed by atoms with Crippen molar-refractivity contribution >= 4 is 50.4 Å². The van der Waals surface area contributed by atoms with Crippen molar-refractivity contribution in [1.29, 1.82) is 0 Å². The van der Waals surface area contributed by atoms with E-state index in [2.05, 4.69) is 86.6 Å². The maximum atomic E-state index is 9.51. The summed E-state index contributed by atoms with van der Waals surface area (Å²) < 4.78 is 35.1. The first-order valence-electron chi connectivity index (χ1n) is 14.3. The van der Waals surface area contributed by atoms with Gasteiger partial charge in [-0.3, -0.25) is 0 Å². The fraction of sp³-hybridized carbons (Fsp3) is 0.923. The summed E-state index contributed by atoms with van der Waals surface area (Å²) >= 11 is 0. The van der Waals surface area contributed by atoms with E-state index in [9.17, 15) is 5.11 Å². The molecule has 0 amide bonds. The first-order valence-corrected chi connectivity index (χ1v) is 31.6. The molecular formula is C26H66O7Si6Y-2. The molecule has 0 aromatic heterocycles. The van der Waals surface area contributed by atoms with Gasteiger partial charge in [-0.05, 0) is 83.1 Å². The fourth-order valence-corrected chi connectivity index (χ4v) is 31.7. The predicted molar refractivity (Wildman–Crippen MR) is 182 cm³/mol. The largest absolute Gasteiger partial charge is 0.456 e. The van der Waals surface area contributed by atoms with Crippen LogP contribution in [0.4, 0.5) is 0 Å². The Balaban J connectivity index is -0.000000669. The second kappa shape index (κ2) is 20.3. The summed E-state index contributed by atoms with van der Waals surface area (Å²) in [5.41, 5.74) is 0. The maximum Gasteiger partial charge on any atom is 0.363 e. The van der Waals surface area contributed by atoms with Gasteiger partial charge in [0.1, 0.15) is 0 Å². The van der Waals surface area contributed by atoms with Gasteiger partial charge in [0.15, 0.2) is 33.3 Å². The van der Waals surface area contributed by atoms with Crippen molar-refractivity contribution in [3.8, 4) is 0 Å². The predicted octanol–water partition coefficient (Wildman–Crippen LogP) is 7.40. The van der Waals surface area contributed by atoms with E-state index in [1.165, 1.54) is 0 Å². The maximum absolute atomic E-state index is 9.51. The van der Waals surface area contributed by atoms with E-state index in [0.717, 1.165) is 36.3 Å². The van der Waals surface area contributed by atoms with E-state index in [1.54, 1.807) is 28.4 Å². The smallest absolute Gasteiger partial charge is 0.363 e. The van der Waals surface area contributed by atoms with E-state index < -0.39 is 50.4 Å². The van der Waals surface area contributed by atoms with Crippen molar-refractivity contribution < 1.29 is 63.8 Å². The molecular weight excluding hydrogens is 682 g/mol. The topological polar surface area (TPSA) is 75.6 Å². The Bertz CT molecular complexity index is 651. The SMILES string of the molecule is [CH2-]C(C)C[Si](C)(C)O[Si](C)(C)CC[Si](C)(OC)OC.[CH2-]C(C)C[Si](C)(C)O[Si](C)(C)CC[Si](CO)(OC)OC.[Y]. The first kappa shape index (κ1) is 46.5. The van der Waals surface area contributed by atoms with Crippen molar-refractivity contribution in [3.05, 3.63) is 13.8 Å². The van der Waals surface area contributed by atoms with Crippen LogP contribution in [0.2, 0.25) is 95.2 Å². The molecule has 241 valence electrons. The summed E-state index contributed by atoms with van der Waals surface area (Å²) in [6.45, 7) is 32.9. The average Bonchev–Trinajstić information content (AvgIpc) is 2.76. The van der Waals surface area contributed by atoms with Gasteiger partial charge in [0, 0.05) is 61.1 Å². The second-order valence-electron chi connectivity index (χ2n) is 13.9. The minimum Gasteiger partial charge on any atom is -0.456 e. The van der Waals surface area contributed by atoms with E-state index in [1.807, 2.05) is 0 Å². The molecule has 1 N–H and O–H groups in total. The van der Waals surface area contributed by atoms with E-state index >= 15 is 0 Å². The summed E-state index contributed by atoms with van der Waals surface area (Å²) in [5.74, 6) is 0.911. The molecule has 0 fully saturated rings. The van der Waals surface area contributed by atoms with Crippen LogP contribution in [0, 0.1) is 25.7 Å². The molecule has 0 aliphatic heterocycles. The molecule has 14 heteroatoms. The molecule has 0 saturated carbocycles. The van der Waals surface area contributed by atoms with Gasteiger partial charge in [-0.2, -0.15) is 11.8 Å². The van der Waals surface area contributed by atoms with Gasteiger partial charge in [-0.25, -0.2) is 0 Å². The Morgan fingerprint density at radius 1 is 0.550 bits per heavy atom. The Kier molecular flexibility index (Phi) is 23.6. The second-order valence-corrected chi connectivity index (χ2v) is 38.4. The Labute approximate surface area is 281 Å². The zero-order chi connectivity index (χ0) is 31.3. The van der Waals surface area contributed by atoms with Crippen molar-refractivity contribution in [2.75, 3.05) is 34.7 Å². The van der Waals surface area contributed by atoms with Crippen LogP contribution in [0.25, 0.3) is 0 Å². The van der Waals surface area contributed by atoms with E-state index in [0.29, 0.717) is 11.8 Å². The summed E-state index contributed by atoms with van der Waals surface area (Å²) in [4.78, 5) is 0. The zero-order valence-electron chi connectivity index (χ0n) is 29.0. The van der Waals surface area contributed by atoms with Crippen LogP contribution in [0.15, 0.2) is 0 Å². The molecule has 2 atom stereocenters. The van der Waals surface area contributed by atoms with Gasteiger partial charge in [-0.15, -0.1) is 0 Å². The minimum absolute atomic E-state index is 0. The van der Waals surface area contributed by atoms with Crippen molar-refractivity contribution in [3.63, 3.8) is 0 Å². The van der Waals surface area contributed by atoms with Crippen LogP contribution >= 0.6 is 0 Å². The fourth-order valence-electron chi connectivity index (χ4n) is 5.16. The van der Waals surface area contributed by atoms with Crippen molar-refractivity contribution in [2.24, 2.45) is 11.8 Å². The number of hydrogen-bond acceptors (Lipinski definition) is 7. The summed E-state index contributed by atoms with van der Waals surface area (Å²) in [5, 5.41) is 9.51. The van der Waals surface area contributed by atoms with Gasteiger partial charge < -0.3 is 44.9 Å². The molecule has 1 radical (unpaired) electrons. The van der Waals surface area contributed by atoms with E-state index in [-0.39, 0.29) is 38.9 Å². The van der Waals surface area contributed by atoms with Gasteiger partial charge >= 0.3 is 17.1 Å². The van der Waals surface area contributed by atoms with Crippen LogP contribution in [-0.2, 0) is 58.6 Å². The normalized spacial score (nSPS) is 15.2. The quantitative estimate of drug-likeness (QED) is 0.109. The Morgan fingerprint density at radius 3 is 1.12 bits per heavy atom. The average molecular weight is 748 g/mol. The number of aliphatic hydroxyl groups is 1. The molecule has 0 aliphatic rings. The third kappa shape index (κ3) is 21.8. The monoisotopic (exact) mass is 747 g/mol. The third-order valence-corrected chi connectivity index (χ3v) is 28.9.